The van der Waals surface area contributed by atoms with Gasteiger partial charge in [0, 0.05) is 24.7 Å². The van der Waals surface area contributed by atoms with Crippen molar-refractivity contribution in [3.05, 3.63) is 81.6 Å². The molecule has 2 aromatic carbocycles. The fourth-order valence-corrected chi connectivity index (χ4v) is 3.82. The Morgan fingerprint density at radius 1 is 1.21 bits per heavy atom. The molecule has 4 rings (SSSR count). The smallest absolute Gasteiger partial charge is 0.255 e. The number of carbonyl (C=O) groups excluding carboxylic acids is 1. The summed E-state index contributed by atoms with van der Waals surface area (Å²) in [4.78, 5) is 12.9. The van der Waals surface area contributed by atoms with Crippen molar-refractivity contribution in [1.29, 1.82) is 0 Å². The van der Waals surface area contributed by atoms with Crippen molar-refractivity contribution in [2.75, 3.05) is 0 Å². The first kappa shape index (κ1) is 21.4. The molecule has 0 aliphatic carbocycles. The fraction of sp³-hybridized carbons (Fsp3) is 0.273. The van der Waals surface area contributed by atoms with Crippen LogP contribution < -0.4 is 10.6 Å². The van der Waals surface area contributed by atoms with E-state index in [1.807, 2.05) is 24.3 Å². The van der Waals surface area contributed by atoms with Gasteiger partial charge in [-0.15, -0.1) is 12.4 Å². The van der Waals surface area contributed by atoms with E-state index in [9.17, 15) is 4.79 Å². The summed E-state index contributed by atoms with van der Waals surface area (Å²) in [6.07, 6.45) is 1.64. The van der Waals surface area contributed by atoms with Gasteiger partial charge >= 0.3 is 0 Å². The van der Waals surface area contributed by atoms with E-state index in [1.54, 1.807) is 10.9 Å². The third kappa shape index (κ3) is 4.47. The first-order valence-electron chi connectivity index (χ1n) is 9.46. The summed E-state index contributed by atoms with van der Waals surface area (Å²) in [5, 5.41) is 11.5. The average molecular weight is 431 g/mol. The van der Waals surface area contributed by atoms with Crippen LogP contribution in [0.15, 0.2) is 48.7 Å². The van der Waals surface area contributed by atoms with Crippen LogP contribution in [-0.4, -0.2) is 15.7 Å². The van der Waals surface area contributed by atoms with Crippen molar-refractivity contribution in [3.63, 3.8) is 0 Å². The van der Waals surface area contributed by atoms with Gasteiger partial charge in [0.1, 0.15) is 0 Å². The summed E-state index contributed by atoms with van der Waals surface area (Å²) in [5.41, 5.74) is 6.06. The standard InChI is InChI=1S/C22H23ClN4O.ClH/c1-14(2)21-20(13-26-27(21)19-5-3-4-18(23)9-19)22(28)25-10-15-6-7-16-11-24-12-17(16)8-15;/h3-9,13-14,24H,10-12H2,1-2H3,(H,25,28);1H. The molecule has 0 fully saturated rings. The van der Waals surface area contributed by atoms with Crippen LogP contribution in [0.4, 0.5) is 0 Å². The Morgan fingerprint density at radius 2 is 2.00 bits per heavy atom. The maximum absolute atomic E-state index is 12.9. The van der Waals surface area contributed by atoms with Gasteiger partial charge < -0.3 is 10.6 Å². The monoisotopic (exact) mass is 430 g/mol. The Bertz CT molecular complexity index is 1030. The molecule has 7 heteroatoms. The van der Waals surface area contributed by atoms with Gasteiger partial charge in [-0.05, 0) is 40.8 Å². The molecular weight excluding hydrogens is 407 g/mol. The highest BCUT2D eigenvalue weighted by molar-refractivity contribution is 6.30. The number of carbonyl (C=O) groups is 1. The van der Waals surface area contributed by atoms with Gasteiger partial charge in [0.2, 0.25) is 0 Å². The first-order chi connectivity index (χ1) is 13.5. The Labute approximate surface area is 181 Å². The molecule has 0 radical (unpaired) electrons. The highest BCUT2D eigenvalue weighted by atomic mass is 35.5. The van der Waals surface area contributed by atoms with Gasteiger partial charge in [0.15, 0.2) is 0 Å². The minimum Gasteiger partial charge on any atom is -0.348 e. The maximum Gasteiger partial charge on any atom is 0.255 e. The van der Waals surface area contributed by atoms with E-state index in [1.165, 1.54) is 11.1 Å². The van der Waals surface area contributed by atoms with E-state index in [0.29, 0.717) is 17.1 Å². The second-order valence-electron chi connectivity index (χ2n) is 7.38. The lowest BCUT2D eigenvalue weighted by Crippen LogP contribution is -2.24. The predicted molar refractivity (Wildman–Crippen MR) is 118 cm³/mol. The number of nitrogens with one attached hydrogen (secondary N) is 2. The van der Waals surface area contributed by atoms with Gasteiger partial charge in [-0.3, -0.25) is 4.79 Å². The van der Waals surface area contributed by atoms with Gasteiger partial charge in [0.05, 0.1) is 23.1 Å². The minimum atomic E-state index is -0.115. The molecule has 5 nitrogen and oxygen atoms in total. The van der Waals surface area contributed by atoms with E-state index < -0.39 is 0 Å². The summed E-state index contributed by atoms with van der Waals surface area (Å²) in [5.74, 6) is 0.0175. The van der Waals surface area contributed by atoms with Crippen LogP contribution in [0.1, 0.15) is 52.5 Å². The molecule has 1 aliphatic rings. The number of amides is 1. The van der Waals surface area contributed by atoms with Crippen molar-refractivity contribution >= 4 is 29.9 Å². The number of aromatic nitrogens is 2. The largest absolute Gasteiger partial charge is 0.348 e. The lowest BCUT2D eigenvalue weighted by Gasteiger charge is -2.13. The van der Waals surface area contributed by atoms with E-state index in [2.05, 4.69) is 47.8 Å². The summed E-state index contributed by atoms with van der Waals surface area (Å²) < 4.78 is 1.80. The summed E-state index contributed by atoms with van der Waals surface area (Å²) in [6, 6.07) is 13.9. The van der Waals surface area contributed by atoms with E-state index in [4.69, 9.17) is 11.6 Å². The zero-order valence-corrected chi connectivity index (χ0v) is 18.0. The van der Waals surface area contributed by atoms with Crippen LogP contribution in [0.5, 0.6) is 0 Å². The Balaban J connectivity index is 0.00000240. The number of halogens is 2. The molecule has 0 saturated heterocycles. The van der Waals surface area contributed by atoms with Crippen molar-refractivity contribution < 1.29 is 4.79 Å². The molecule has 3 aromatic rings. The third-order valence-electron chi connectivity index (χ3n) is 5.01. The van der Waals surface area contributed by atoms with E-state index in [-0.39, 0.29) is 24.2 Å². The highest BCUT2D eigenvalue weighted by Crippen LogP contribution is 2.25. The molecule has 2 heterocycles. The SMILES string of the molecule is CC(C)c1c(C(=O)NCc2ccc3c(c2)CNC3)cnn1-c1cccc(Cl)c1.Cl. The van der Waals surface area contributed by atoms with Crippen LogP contribution in [0, 0.1) is 0 Å². The van der Waals surface area contributed by atoms with Crippen molar-refractivity contribution in [1.82, 2.24) is 20.4 Å². The number of benzene rings is 2. The molecule has 0 saturated carbocycles. The van der Waals surface area contributed by atoms with Crippen LogP contribution in [0.3, 0.4) is 0 Å². The number of hydrogen-bond acceptors (Lipinski definition) is 3. The molecule has 0 atom stereocenters. The van der Waals surface area contributed by atoms with Crippen LogP contribution in [-0.2, 0) is 19.6 Å². The topological polar surface area (TPSA) is 59.0 Å². The second kappa shape index (κ2) is 8.99. The van der Waals surface area contributed by atoms with Gasteiger partial charge in [-0.1, -0.05) is 49.7 Å². The first-order valence-corrected chi connectivity index (χ1v) is 9.84. The molecule has 0 spiro atoms. The van der Waals surface area contributed by atoms with Gasteiger partial charge in [0.25, 0.3) is 5.91 Å². The molecule has 29 heavy (non-hydrogen) atoms. The summed E-state index contributed by atoms with van der Waals surface area (Å²) in [7, 11) is 0. The number of fused-ring (bicyclic) bond motifs is 1. The van der Waals surface area contributed by atoms with E-state index in [0.717, 1.165) is 30.0 Å². The van der Waals surface area contributed by atoms with Gasteiger partial charge in [-0.25, -0.2) is 4.68 Å². The Hall–Kier alpha value is -2.34. The lowest BCUT2D eigenvalue weighted by molar-refractivity contribution is 0.0949. The highest BCUT2D eigenvalue weighted by Gasteiger charge is 2.21. The van der Waals surface area contributed by atoms with Crippen molar-refractivity contribution in [2.24, 2.45) is 0 Å². The zero-order chi connectivity index (χ0) is 19.7. The maximum atomic E-state index is 12.9. The number of hydrogen-bond donors (Lipinski definition) is 2. The molecule has 0 unspecified atom stereocenters. The molecule has 2 N–H and O–H groups in total. The molecule has 1 amide bonds. The summed E-state index contributed by atoms with van der Waals surface area (Å²) in [6.45, 7) is 6.42. The lowest BCUT2D eigenvalue weighted by atomic mass is 10.0. The van der Waals surface area contributed by atoms with Crippen molar-refractivity contribution in [3.8, 4) is 5.69 Å². The molecule has 1 aliphatic heterocycles. The zero-order valence-electron chi connectivity index (χ0n) is 16.4. The number of nitrogens with zero attached hydrogens (tertiary/aromatic N) is 2. The van der Waals surface area contributed by atoms with Gasteiger partial charge in [-0.2, -0.15) is 5.10 Å². The van der Waals surface area contributed by atoms with Crippen LogP contribution in [0.2, 0.25) is 5.02 Å². The van der Waals surface area contributed by atoms with Crippen LogP contribution in [0.25, 0.3) is 5.69 Å². The minimum absolute atomic E-state index is 0. The number of rotatable bonds is 5. The normalized spacial score (nSPS) is 12.6. The summed E-state index contributed by atoms with van der Waals surface area (Å²) >= 11 is 6.13. The third-order valence-corrected chi connectivity index (χ3v) is 5.24. The Morgan fingerprint density at radius 3 is 2.76 bits per heavy atom. The van der Waals surface area contributed by atoms with Crippen molar-refractivity contribution in [2.45, 2.75) is 39.4 Å². The average Bonchev–Trinajstić information content (AvgIpc) is 3.32. The van der Waals surface area contributed by atoms with Crippen LogP contribution >= 0.6 is 24.0 Å². The Kier molecular flexibility index (Phi) is 6.63. The molecule has 0 bridgehead atoms. The van der Waals surface area contributed by atoms with E-state index >= 15 is 0 Å². The quantitative estimate of drug-likeness (QED) is 0.621. The second-order valence-corrected chi connectivity index (χ2v) is 7.82. The fourth-order valence-electron chi connectivity index (χ4n) is 3.64. The molecule has 152 valence electrons. The molecule has 1 aromatic heterocycles. The predicted octanol–water partition coefficient (Wildman–Crippen LogP) is 4.60. The molecular formula is C22H24Cl2N4O.